The zero-order valence-corrected chi connectivity index (χ0v) is 9.38. The molecule has 0 aromatic carbocycles. The van der Waals surface area contributed by atoms with Crippen LogP contribution in [0.15, 0.2) is 15.7 Å². The third-order valence-electron chi connectivity index (χ3n) is 2.67. The van der Waals surface area contributed by atoms with Crippen LogP contribution in [0.3, 0.4) is 0 Å². The zero-order valence-electron chi connectivity index (χ0n) is 9.38. The number of rotatable bonds is 4. The highest BCUT2D eigenvalue weighted by Crippen LogP contribution is 2.32. The van der Waals surface area contributed by atoms with Crippen LogP contribution in [0.1, 0.15) is 29.1 Å². The Morgan fingerprint density at radius 1 is 1.76 bits per heavy atom. The van der Waals surface area contributed by atoms with Crippen LogP contribution < -0.4 is 11.1 Å². The standard InChI is InChI=1S/C10H14N4O3/c1-5-4-7(14-17-5)10(15)12-8(6-2-3-6)9(11)13-16/h4,6,8,16H,2-3H2,1H3,(H2,11,13)(H,12,15). The molecule has 0 spiro atoms. The van der Waals surface area contributed by atoms with Gasteiger partial charge in [0.25, 0.3) is 5.91 Å². The summed E-state index contributed by atoms with van der Waals surface area (Å²) in [6.45, 7) is 1.70. The van der Waals surface area contributed by atoms with Crippen LogP contribution >= 0.6 is 0 Å². The van der Waals surface area contributed by atoms with Gasteiger partial charge in [-0.15, -0.1) is 0 Å². The lowest BCUT2D eigenvalue weighted by molar-refractivity contribution is 0.0933. The molecule has 2 rings (SSSR count). The molecule has 17 heavy (non-hydrogen) atoms. The Hall–Kier alpha value is -2.05. The number of hydrogen-bond donors (Lipinski definition) is 3. The number of nitrogens with zero attached hydrogens (tertiary/aromatic N) is 2. The molecule has 0 saturated heterocycles. The van der Waals surface area contributed by atoms with Crippen molar-refractivity contribution in [1.29, 1.82) is 0 Å². The highest BCUT2D eigenvalue weighted by atomic mass is 16.5. The van der Waals surface area contributed by atoms with E-state index < -0.39 is 6.04 Å². The first kappa shape index (κ1) is 11.4. The van der Waals surface area contributed by atoms with E-state index in [0.29, 0.717) is 5.76 Å². The maximum atomic E-state index is 11.8. The van der Waals surface area contributed by atoms with Crippen LogP contribution in [0, 0.1) is 12.8 Å². The molecule has 4 N–H and O–H groups in total. The number of oxime groups is 1. The van der Waals surface area contributed by atoms with Crippen LogP contribution in [0.25, 0.3) is 0 Å². The average molecular weight is 238 g/mol. The summed E-state index contributed by atoms with van der Waals surface area (Å²) in [5.74, 6) is 0.427. The van der Waals surface area contributed by atoms with Crippen LogP contribution in [-0.2, 0) is 0 Å². The summed E-state index contributed by atoms with van der Waals surface area (Å²) in [6, 6.07) is 1.09. The molecule has 92 valence electrons. The molecule has 1 atom stereocenters. The van der Waals surface area contributed by atoms with Crippen molar-refractivity contribution in [1.82, 2.24) is 10.5 Å². The molecule has 1 saturated carbocycles. The molecule has 1 aliphatic rings. The fourth-order valence-electron chi connectivity index (χ4n) is 1.61. The van der Waals surface area contributed by atoms with Gasteiger partial charge in [-0.3, -0.25) is 4.79 Å². The minimum absolute atomic E-state index is 0.0149. The van der Waals surface area contributed by atoms with Crippen LogP contribution in [0.5, 0.6) is 0 Å². The van der Waals surface area contributed by atoms with Crippen molar-refractivity contribution in [3.05, 3.63) is 17.5 Å². The lowest BCUT2D eigenvalue weighted by Gasteiger charge is -2.15. The lowest BCUT2D eigenvalue weighted by atomic mass is 10.1. The van der Waals surface area contributed by atoms with Crippen molar-refractivity contribution in [2.75, 3.05) is 0 Å². The number of nitrogens with one attached hydrogen (secondary N) is 1. The van der Waals surface area contributed by atoms with Gasteiger partial charge in [0.15, 0.2) is 11.5 Å². The summed E-state index contributed by atoms with van der Waals surface area (Å²) in [5.41, 5.74) is 5.72. The second-order valence-electron chi connectivity index (χ2n) is 4.14. The number of nitrogens with two attached hydrogens (primary N) is 1. The number of aryl methyl sites for hydroxylation is 1. The first-order valence-electron chi connectivity index (χ1n) is 5.33. The molecule has 1 amide bonds. The first-order chi connectivity index (χ1) is 8.11. The van der Waals surface area contributed by atoms with Gasteiger partial charge >= 0.3 is 0 Å². The quantitative estimate of drug-likeness (QED) is 0.301. The summed E-state index contributed by atoms with van der Waals surface area (Å²) < 4.78 is 4.81. The van der Waals surface area contributed by atoms with Gasteiger partial charge in [-0.1, -0.05) is 10.3 Å². The van der Waals surface area contributed by atoms with Crippen molar-refractivity contribution >= 4 is 11.7 Å². The highest BCUT2D eigenvalue weighted by molar-refractivity contribution is 5.97. The number of hydrogen-bond acceptors (Lipinski definition) is 5. The monoisotopic (exact) mass is 238 g/mol. The average Bonchev–Trinajstić information content (AvgIpc) is 3.06. The normalized spacial score (nSPS) is 17.8. The Labute approximate surface area is 97.6 Å². The minimum Gasteiger partial charge on any atom is -0.409 e. The Morgan fingerprint density at radius 2 is 2.47 bits per heavy atom. The first-order valence-corrected chi connectivity index (χ1v) is 5.33. The van der Waals surface area contributed by atoms with E-state index in [2.05, 4.69) is 15.6 Å². The van der Waals surface area contributed by atoms with Crippen LogP contribution in [0.4, 0.5) is 0 Å². The topological polar surface area (TPSA) is 114 Å². The molecule has 1 fully saturated rings. The molecule has 7 nitrogen and oxygen atoms in total. The Balaban J connectivity index is 2.05. The predicted molar refractivity (Wildman–Crippen MR) is 58.6 cm³/mol. The summed E-state index contributed by atoms with van der Waals surface area (Å²) in [6.07, 6.45) is 1.91. The molecule has 1 aromatic heterocycles. The second-order valence-corrected chi connectivity index (χ2v) is 4.14. The fourth-order valence-corrected chi connectivity index (χ4v) is 1.61. The molecule has 1 heterocycles. The molecule has 0 aliphatic heterocycles. The van der Waals surface area contributed by atoms with Crippen molar-refractivity contribution in [3.63, 3.8) is 0 Å². The van der Waals surface area contributed by atoms with E-state index in [1.807, 2.05) is 0 Å². The van der Waals surface area contributed by atoms with Gasteiger partial charge in [0, 0.05) is 6.07 Å². The number of amidine groups is 1. The maximum absolute atomic E-state index is 11.8. The summed E-state index contributed by atoms with van der Waals surface area (Å²) in [4.78, 5) is 11.8. The van der Waals surface area contributed by atoms with E-state index in [9.17, 15) is 4.79 Å². The Kier molecular flexibility index (Phi) is 2.99. The third kappa shape index (κ3) is 2.55. The van der Waals surface area contributed by atoms with Gasteiger partial charge in [0.1, 0.15) is 5.76 Å². The number of amides is 1. The van der Waals surface area contributed by atoms with Crippen molar-refractivity contribution in [2.24, 2.45) is 16.8 Å². The van der Waals surface area contributed by atoms with Crippen molar-refractivity contribution in [3.8, 4) is 0 Å². The molecule has 7 heteroatoms. The highest BCUT2D eigenvalue weighted by Gasteiger charge is 2.35. The van der Waals surface area contributed by atoms with Crippen molar-refractivity contribution < 1.29 is 14.5 Å². The third-order valence-corrected chi connectivity index (χ3v) is 2.67. The number of aromatic nitrogens is 1. The van der Waals surface area contributed by atoms with E-state index in [0.717, 1.165) is 12.8 Å². The molecule has 0 bridgehead atoms. The summed E-state index contributed by atoms with van der Waals surface area (Å²) in [5, 5.41) is 17.9. The van der Waals surface area contributed by atoms with E-state index in [1.54, 1.807) is 6.92 Å². The minimum atomic E-state index is -0.440. The largest absolute Gasteiger partial charge is 0.409 e. The van der Waals surface area contributed by atoms with Gasteiger partial charge < -0.3 is 20.8 Å². The van der Waals surface area contributed by atoms with Gasteiger partial charge in [-0.05, 0) is 25.7 Å². The van der Waals surface area contributed by atoms with Crippen LogP contribution in [0.2, 0.25) is 0 Å². The van der Waals surface area contributed by atoms with E-state index in [-0.39, 0.29) is 23.4 Å². The molecule has 1 unspecified atom stereocenters. The summed E-state index contributed by atoms with van der Waals surface area (Å²) >= 11 is 0. The van der Waals surface area contributed by atoms with Crippen molar-refractivity contribution in [2.45, 2.75) is 25.8 Å². The predicted octanol–water partition coefficient (Wildman–Crippen LogP) is 0.238. The molecule has 0 radical (unpaired) electrons. The van der Waals surface area contributed by atoms with E-state index in [4.69, 9.17) is 15.5 Å². The molecular formula is C10H14N4O3. The summed E-state index contributed by atoms with van der Waals surface area (Å²) in [7, 11) is 0. The second kappa shape index (κ2) is 4.44. The Morgan fingerprint density at radius 3 is 2.94 bits per heavy atom. The SMILES string of the molecule is Cc1cc(C(=O)NC(C(N)=NO)C2CC2)no1. The van der Waals surface area contributed by atoms with Gasteiger partial charge in [0.05, 0.1) is 6.04 Å². The number of carbonyl (C=O) groups is 1. The van der Waals surface area contributed by atoms with Crippen LogP contribution in [-0.4, -0.2) is 28.1 Å². The lowest BCUT2D eigenvalue weighted by Crippen LogP contribution is -2.46. The molecular weight excluding hydrogens is 224 g/mol. The molecule has 1 aliphatic carbocycles. The van der Waals surface area contributed by atoms with E-state index >= 15 is 0 Å². The Bertz CT molecular complexity index is 450. The van der Waals surface area contributed by atoms with Gasteiger partial charge in [0.2, 0.25) is 0 Å². The van der Waals surface area contributed by atoms with Gasteiger partial charge in [-0.2, -0.15) is 0 Å². The maximum Gasteiger partial charge on any atom is 0.274 e. The fraction of sp³-hybridized carbons (Fsp3) is 0.500. The smallest absolute Gasteiger partial charge is 0.274 e. The zero-order chi connectivity index (χ0) is 12.4. The van der Waals surface area contributed by atoms with E-state index in [1.165, 1.54) is 6.07 Å². The molecule has 1 aromatic rings. The van der Waals surface area contributed by atoms with Gasteiger partial charge in [-0.25, -0.2) is 0 Å². The number of carbonyl (C=O) groups excluding carboxylic acids is 1.